The topological polar surface area (TPSA) is 45.3 Å². The van der Waals surface area contributed by atoms with Gasteiger partial charge in [-0.3, -0.25) is 9.18 Å². The third-order valence-electron chi connectivity index (χ3n) is 4.58. The zero-order valence-corrected chi connectivity index (χ0v) is 13.5. The van der Waals surface area contributed by atoms with E-state index in [2.05, 4.69) is 4.98 Å². The van der Waals surface area contributed by atoms with Gasteiger partial charge in [-0.25, -0.2) is 0 Å². The van der Waals surface area contributed by atoms with Crippen molar-refractivity contribution in [1.29, 1.82) is 0 Å². The number of ether oxygens (including phenoxy) is 1. The van der Waals surface area contributed by atoms with Gasteiger partial charge in [0.2, 0.25) is 5.91 Å². The van der Waals surface area contributed by atoms with Gasteiger partial charge in [-0.15, -0.1) is 0 Å². The van der Waals surface area contributed by atoms with Crippen LogP contribution in [0.15, 0.2) is 24.4 Å². The number of nitrogens with zero attached hydrogens (tertiary/aromatic N) is 1. The van der Waals surface area contributed by atoms with E-state index >= 15 is 0 Å². The van der Waals surface area contributed by atoms with Gasteiger partial charge in [0.05, 0.1) is 19.7 Å². The number of carbonyl (C=O) groups excluding carboxylic acids is 1. The van der Waals surface area contributed by atoms with Crippen LogP contribution in [0.3, 0.4) is 0 Å². The van der Waals surface area contributed by atoms with Crippen molar-refractivity contribution in [2.75, 3.05) is 26.4 Å². The molecule has 5 heteroatoms. The van der Waals surface area contributed by atoms with Gasteiger partial charge in [-0.1, -0.05) is 6.07 Å². The van der Waals surface area contributed by atoms with Crippen LogP contribution in [0.25, 0.3) is 10.9 Å². The third-order valence-corrected chi connectivity index (χ3v) is 4.58. The number of rotatable bonds is 5. The number of H-pyrrole nitrogens is 1. The minimum atomic E-state index is -0.276. The normalized spacial score (nSPS) is 16.0. The molecule has 0 saturated carbocycles. The number of benzene rings is 1. The molecule has 0 radical (unpaired) electrons. The van der Waals surface area contributed by atoms with Crippen molar-refractivity contribution in [3.63, 3.8) is 0 Å². The van der Waals surface area contributed by atoms with Gasteiger partial charge in [-0.2, -0.15) is 0 Å². The van der Waals surface area contributed by atoms with E-state index in [-0.39, 0.29) is 18.5 Å². The van der Waals surface area contributed by atoms with Crippen LogP contribution in [0.2, 0.25) is 0 Å². The first-order valence-electron chi connectivity index (χ1n) is 8.28. The summed E-state index contributed by atoms with van der Waals surface area (Å²) >= 11 is 0. The summed E-state index contributed by atoms with van der Waals surface area (Å²) in [4.78, 5) is 17.6. The summed E-state index contributed by atoms with van der Waals surface area (Å²) in [7, 11) is 0. The van der Waals surface area contributed by atoms with Crippen LogP contribution in [-0.2, 0) is 11.2 Å². The molecule has 3 rings (SSSR count). The molecular weight excluding hydrogens is 295 g/mol. The number of halogens is 1. The summed E-state index contributed by atoms with van der Waals surface area (Å²) in [6, 6.07) is 5.86. The minimum absolute atomic E-state index is 0.106. The maximum absolute atomic E-state index is 12.7. The molecule has 1 N–H and O–H groups in total. The number of aromatic amines is 1. The first-order valence-corrected chi connectivity index (χ1v) is 8.28. The number of carbonyl (C=O) groups is 1. The first kappa shape index (κ1) is 15.8. The van der Waals surface area contributed by atoms with Crippen molar-refractivity contribution in [3.05, 3.63) is 30.0 Å². The van der Waals surface area contributed by atoms with E-state index in [4.69, 9.17) is 4.74 Å². The lowest BCUT2D eigenvalue weighted by Gasteiger charge is -2.30. The number of nitrogens with one attached hydrogen (secondary N) is 1. The smallest absolute Gasteiger partial charge is 0.227 e. The highest BCUT2D eigenvalue weighted by Gasteiger charge is 2.23. The molecule has 4 nitrogen and oxygen atoms in total. The Balaban J connectivity index is 1.75. The lowest BCUT2D eigenvalue weighted by Crippen LogP contribution is -2.39. The van der Waals surface area contributed by atoms with E-state index in [1.807, 2.05) is 36.2 Å². The van der Waals surface area contributed by atoms with Crippen molar-refractivity contribution in [2.24, 2.45) is 5.92 Å². The minimum Gasteiger partial charge on any atom is -0.493 e. The molecule has 2 aromatic rings. The zero-order chi connectivity index (χ0) is 16.2. The number of piperidine rings is 1. The van der Waals surface area contributed by atoms with E-state index in [0.717, 1.165) is 35.1 Å². The molecule has 0 unspecified atom stereocenters. The second-order valence-electron chi connectivity index (χ2n) is 6.08. The molecule has 0 spiro atoms. The highest BCUT2D eigenvalue weighted by molar-refractivity contribution is 5.93. The van der Waals surface area contributed by atoms with Crippen LogP contribution in [0.1, 0.15) is 25.3 Å². The number of hydrogen-bond acceptors (Lipinski definition) is 2. The maximum Gasteiger partial charge on any atom is 0.227 e. The Hall–Kier alpha value is -2.04. The highest BCUT2D eigenvalue weighted by atomic mass is 19.1. The molecule has 0 aliphatic carbocycles. The molecule has 1 saturated heterocycles. The van der Waals surface area contributed by atoms with Gasteiger partial charge >= 0.3 is 0 Å². The van der Waals surface area contributed by atoms with E-state index in [9.17, 15) is 9.18 Å². The number of amides is 1. The SMILES string of the molecule is CCOc1cccc2[nH]cc(CC(=O)N3CCC(CF)CC3)c12. The molecule has 0 atom stereocenters. The first-order chi connectivity index (χ1) is 11.2. The molecule has 1 aliphatic rings. The van der Waals surface area contributed by atoms with Crippen LogP contribution < -0.4 is 4.74 Å². The number of alkyl halides is 1. The summed E-state index contributed by atoms with van der Waals surface area (Å²) in [6.07, 6.45) is 3.77. The summed E-state index contributed by atoms with van der Waals surface area (Å²) in [5, 5.41) is 0.987. The molecule has 1 aromatic carbocycles. The fourth-order valence-electron chi connectivity index (χ4n) is 3.25. The largest absolute Gasteiger partial charge is 0.493 e. The molecular formula is C18H23FN2O2. The van der Waals surface area contributed by atoms with Crippen molar-refractivity contribution in [1.82, 2.24) is 9.88 Å². The Kier molecular flexibility index (Phi) is 4.84. The highest BCUT2D eigenvalue weighted by Crippen LogP contribution is 2.29. The lowest BCUT2D eigenvalue weighted by molar-refractivity contribution is -0.131. The van der Waals surface area contributed by atoms with Crippen LogP contribution in [0, 0.1) is 5.92 Å². The Morgan fingerprint density at radius 3 is 2.87 bits per heavy atom. The number of fused-ring (bicyclic) bond motifs is 1. The van der Waals surface area contributed by atoms with E-state index < -0.39 is 0 Å². The van der Waals surface area contributed by atoms with Crippen molar-refractivity contribution < 1.29 is 13.9 Å². The average Bonchev–Trinajstić information content (AvgIpc) is 2.99. The zero-order valence-electron chi connectivity index (χ0n) is 13.5. The molecule has 0 bridgehead atoms. The second-order valence-corrected chi connectivity index (χ2v) is 6.08. The predicted octanol–water partition coefficient (Wildman–Crippen LogP) is 3.32. The van der Waals surface area contributed by atoms with Gasteiger partial charge in [-0.05, 0) is 43.4 Å². The van der Waals surface area contributed by atoms with E-state index in [0.29, 0.717) is 26.1 Å². The monoisotopic (exact) mass is 318 g/mol. The Morgan fingerprint density at radius 1 is 1.39 bits per heavy atom. The van der Waals surface area contributed by atoms with Gasteiger partial charge in [0.1, 0.15) is 5.75 Å². The molecule has 2 heterocycles. The predicted molar refractivity (Wildman–Crippen MR) is 88.5 cm³/mol. The number of aromatic nitrogens is 1. The van der Waals surface area contributed by atoms with Crippen LogP contribution in [-0.4, -0.2) is 42.2 Å². The average molecular weight is 318 g/mol. The summed E-state index contributed by atoms with van der Waals surface area (Å²) in [5.41, 5.74) is 1.94. The van der Waals surface area contributed by atoms with Crippen molar-refractivity contribution in [3.8, 4) is 5.75 Å². The van der Waals surface area contributed by atoms with Crippen molar-refractivity contribution in [2.45, 2.75) is 26.2 Å². The number of likely N-dealkylation sites (tertiary alicyclic amines) is 1. The van der Waals surface area contributed by atoms with Gasteiger partial charge in [0.15, 0.2) is 0 Å². The fourth-order valence-corrected chi connectivity index (χ4v) is 3.25. The van der Waals surface area contributed by atoms with E-state index in [1.54, 1.807) is 0 Å². The van der Waals surface area contributed by atoms with Crippen molar-refractivity contribution >= 4 is 16.8 Å². The van der Waals surface area contributed by atoms with Crippen LogP contribution >= 0.6 is 0 Å². The maximum atomic E-state index is 12.7. The molecule has 1 aromatic heterocycles. The fraction of sp³-hybridized carbons (Fsp3) is 0.500. The standard InChI is InChI=1S/C18H23FN2O2/c1-2-23-16-5-3-4-15-18(16)14(12-20-15)10-17(22)21-8-6-13(11-19)7-9-21/h3-5,12-13,20H,2,6-11H2,1H3. The third kappa shape index (κ3) is 3.33. The van der Waals surface area contributed by atoms with Gasteiger partial charge in [0, 0.05) is 30.2 Å². The molecule has 124 valence electrons. The molecule has 1 fully saturated rings. The van der Waals surface area contributed by atoms with Crippen LogP contribution in [0.4, 0.5) is 4.39 Å². The summed E-state index contributed by atoms with van der Waals surface area (Å²) in [6.45, 7) is 3.59. The molecule has 1 amide bonds. The molecule has 1 aliphatic heterocycles. The Labute approximate surface area is 135 Å². The van der Waals surface area contributed by atoms with E-state index in [1.165, 1.54) is 0 Å². The Morgan fingerprint density at radius 2 is 2.17 bits per heavy atom. The quantitative estimate of drug-likeness (QED) is 0.919. The summed E-state index contributed by atoms with van der Waals surface area (Å²) < 4.78 is 18.4. The van der Waals surface area contributed by atoms with Gasteiger partial charge in [0.25, 0.3) is 0 Å². The van der Waals surface area contributed by atoms with Gasteiger partial charge < -0.3 is 14.6 Å². The lowest BCUT2D eigenvalue weighted by atomic mass is 9.98. The second kappa shape index (κ2) is 7.02. The Bertz CT molecular complexity index is 675. The molecule has 23 heavy (non-hydrogen) atoms. The summed E-state index contributed by atoms with van der Waals surface area (Å²) in [5.74, 6) is 1.04. The number of hydrogen-bond donors (Lipinski definition) is 1. The van der Waals surface area contributed by atoms with Crippen LogP contribution in [0.5, 0.6) is 5.75 Å².